The lowest BCUT2D eigenvalue weighted by Crippen LogP contribution is -2.44. The Morgan fingerprint density at radius 1 is 0.786 bits per heavy atom. The van der Waals surface area contributed by atoms with Crippen molar-refractivity contribution in [1.29, 1.82) is 0 Å². The first-order valence-electron chi connectivity index (χ1n) is 8.76. The summed E-state index contributed by atoms with van der Waals surface area (Å²) in [5.74, 6) is -0.386. The van der Waals surface area contributed by atoms with Gasteiger partial charge in [-0.2, -0.15) is 0 Å². The summed E-state index contributed by atoms with van der Waals surface area (Å²) in [6.07, 6.45) is 0. The molecule has 0 unspecified atom stereocenters. The standard InChI is InChI=1S/C22H17N3O3/c26-21(14-28-18-11-9-15-5-1-2-7-17(15)13-18)24-25-22(27)20-12-10-16-6-3-4-8-19(16)23-20/h1-13H,14H2,(H,24,26)(H,25,27). The second-order valence-electron chi connectivity index (χ2n) is 6.19. The molecule has 2 amide bonds. The summed E-state index contributed by atoms with van der Waals surface area (Å²) in [5, 5.41) is 3.05. The molecular formula is C22H17N3O3. The summed E-state index contributed by atoms with van der Waals surface area (Å²) >= 11 is 0. The molecule has 138 valence electrons. The topological polar surface area (TPSA) is 80.3 Å². The Hall–Kier alpha value is -3.93. The Morgan fingerprint density at radius 3 is 2.36 bits per heavy atom. The summed E-state index contributed by atoms with van der Waals surface area (Å²) in [6, 6.07) is 24.4. The van der Waals surface area contributed by atoms with Gasteiger partial charge >= 0.3 is 0 Å². The number of nitrogens with one attached hydrogen (secondary N) is 2. The van der Waals surface area contributed by atoms with Crippen LogP contribution in [0, 0.1) is 0 Å². The van der Waals surface area contributed by atoms with Crippen LogP contribution < -0.4 is 15.6 Å². The maximum atomic E-state index is 12.2. The van der Waals surface area contributed by atoms with Crippen LogP contribution >= 0.6 is 0 Å². The molecule has 3 aromatic carbocycles. The van der Waals surface area contributed by atoms with Crippen molar-refractivity contribution in [2.45, 2.75) is 0 Å². The van der Waals surface area contributed by atoms with Gasteiger partial charge in [-0.25, -0.2) is 4.98 Å². The maximum absolute atomic E-state index is 12.2. The largest absolute Gasteiger partial charge is 0.484 e. The second kappa shape index (κ2) is 7.75. The van der Waals surface area contributed by atoms with Gasteiger partial charge in [0.25, 0.3) is 11.8 Å². The zero-order valence-corrected chi connectivity index (χ0v) is 14.9. The lowest BCUT2D eigenvalue weighted by Gasteiger charge is -2.09. The lowest BCUT2D eigenvalue weighted by molar-refractivity contribution is -0.123. The number of hydrogen-bond donors (Lipinski definition) is 2. The number of para-hydroxylation sites is 1. The Kier molecular flexibility index (Phi) is 4.84. The van der Waals surface area contributed by atoms with Gasteiger partial charge in [0, 0.05) is 5.39 Å². The molecule has 1 heterocycles. The van der Waals surface area contributed by atoms with E-state index in [0.717, 1.165) is 16.2 Å². The van der Waals surface area contributed by atoms with Crippen LogP contribution in [0.4, 0.5) is 0 Å². The molecule has 0 fully saturated rings. The molecule has 4 rings (SSSR count). The van der Waals surface area contributed by atoms with Gasteiger partial charge in [0.1, 0.15) is 11.4 Å². The van der Waals surface area contributed by atoms with E-state index in [2.05, 4.69) is 15.8 Å². The highest BCUT2D eigenvalue weighted by molar-refractivity contribution is 5.96. The molecule has 2 N–H and O–H groups in total. The van der Waals surface area contributed by atoms with E-state index in [-0.39, 0.29) is 12.3 Å². The zero-order valence-electron chi connectivity index (χ0n) is 14.9. The van der Waals surface area contributed by atoms with Crippen LogP contribution in [0.25, 0.3) is 21.7 Å². The van der Waals surface area contributed by atoms with E-state index < -0.39 is 11.8 Å². The molecule has 0 atom stereocenters. The van der Waals surface area contributed by atoms with Crippen molar-refractivity contribution >= 4 is 33.5 Å². The third kappa shape index (κ3) is 3.91. The number of ether oxygens (including phenoxy) is 1. The van der Waals surface area contributed by atoms with E-state index in [1.54, 1.807) is 12.1 Å². The molecule has 6 heteroatoms. The number of amides is 2. The predicted octanol–water partition coefficient (Wildman–Crippen LogP) is 3.23. The Balaban J connectivity index is 1.32. The quantitative estimate of drug-likeness (QED) is 0.540. The molecule has 0 bridgehead atoms. The van der Waals surface area contributed by atoms with Crippen LogP contribution in [0.3, 0.4) is 0 Å². The molecule has 0 saturated carbocycles. The van der Waals surface area contributed by atoms with E-state index >= 15 is 0 Å². The van der Waals surface area contributed by atoms with E-state index in [4.69, 9.17) is 4.74 Å². The molecule has 6 nitrogen and oxygen atoms in total. The minimum Gasteiger partial charge on any atom is -0.484 e. The summed E-state index contributed by atoms with van der Waals surface area (Å²) < 4.78 is 5.49. The normalized spacial score (nSPS) is 10.6. The molecular weight excluding hydrogens is 354 g/mol. The van der Waals surface area contributed by atoms with Crippen LogP contribution in [0.1, 0.15) is 10.5 Å². The number of benzene rings is 3. The number of nitrogens with zero attached hydrogens (tertiary/aromatic N) is 1. The first-order chi connectivity index (χ1) is 13.7. The Morgan fingerprint density at radius 2 is 1.50 bits per heavy atom. The van der Waals surface area contributed by atoms with Gasteiger partial charge < -0.3 is 4.74 Å². The van der Waals surface area contributed by atoms with Crippen molar-refractivity contribution in [3.63, 3.8) is 0 Å². The number of pyridine rings is 1. The monoisotopic (exact) mass is 371 g/mol. The molecule has 4 aromatic rings. The van der Waals surface area contributed by atoms with Crippen molar-refractivity contribution in [3.05, 3.63) is 84.6 Å². The minimum atomic E-state index is -0.496. The molecule has 28 heavy (non-hydrogen) atoms. The fourth-order valence-corrected chi connectivity index (χ4v) is 2.83. The third-order valence-electron chi connectivity index (χ3n) is 4.24. The molecule has 0 aliphatic carbocycles. The van der Waals surface area contributed by atoms with Gasteiger partial charge in [0.2, 0.25) is 0 Å². The van der Waals surface area contributed by atoms with Gasteiger partial charge in [0.05, 0.1) is 5.52 Å². The predicted molar refractivity (Wildman–Crippen MR) is 107 cm³/mol. The van der Waals surface area contributed by atoms with E-state index in [1.807, 2.05) is 66.7 Å². The fourth-order valence-electron chi connectivity index (χ4n) is 2.83. The average molecular weight is 371 g/mol. The van der Waals surface area contributed by atoms with Gasteiger partial charge in [0.15, 0.2) is 6.61 Å². The van der Waals surface area contributed by atoms with E-state index in [1.165, 1.54) is 0 Å². The summed E-state index contributed by atoms with van der Waals surface area (Å²) in [5.41, 5.74) is 5.61. The van der Waals surface area contributed by atoms with Crippen LogP contribution in [-0.2, 0) is 4.79 Å². The molecule has 0 spiro atoms. The fraction of sp³-hybridized carbons (Fsp3) is 0.0455. The van der Waals surface area contributed by atoms with Crippen LogP contribution in [0.2, 0.25) is 0 Å². The molecule has 0 aliphatic heterocycles. The second-order valence-corrected chi connectivity index (χ2v) is 6.19. The summed E-state index contributed by atoms with van der Waals surface area (Å²) in [4.78, 5) is 28.4. The molecule has 1 aromatic heterocycles. The first-order valence-corrected chi connectivity index (χ1v) is 8.76. The van der Waals surface area contributed by atoms with Crippen molar-refractivity contribution in [3.8, 4) is 5.75 Å². The highest BCUT2D eigenvalue weighted by Gasteiger charge is 2.10. The summed E-state index contributed by atoms with van der Waals surface area (Å²) in [7, 11) is 0. The van der Waals surface area contributed by atoms with Crippen LogP contribution in [0.5, 0.6) is 5.75 Å². The molecule has 0 aliphatic rings. The number of rotatable bonds is 4. The van der Waals surface area contributed by atoms with Gasteiger partial charge in [-0.3, -0.25) is 20.4 Å². The van der Waals surface area contributed by atoms with Crippen molar-refractivity contribution in [1.82, 2.24) is 15.8 Å². The highest BCUT2D eigenvalue weighted by atomic mass is 16.5. The Labute approximate surface area is 161 Å². The number of carbonyl (C=O) groups excluding carboxylic acids is 2. The van der Waals surface area contributed by atoms with Crippen molar-refractivity contribution < 1.29 is 14.3 Å². The van der Waals surface area contributed by atoms with Gasteiger partial charge in [-0.05, 0) is 35.0 Å². The smallest absolute Gasteiger partial charge is 0.288 e. The van der Waals surface area contributed by atoms with Crippen molar-refractivity contribution in [2.75, 3.05) is 6.61 Å². The molecule has 0 radical (unpaired) electrons. The Bertz CT molecular complexity index is 1170. The molecule has 0 saturated heterocycles. The lowest BCUT2D eigenvalue weighted by atomic mass is 10.1. The number of fused-ring (bicyclic) bond motifs is 2. The number of carbonyl (C=O) groups is 2. The van der Waals surface area contributed by atoms with Crippen molar-refractivity contribution in [2.24, 2.45) is 0 Å². The van der Waals surface area contributed by atoms with Crippen LogP contribution in [0.15, 0.2) is 78.9 Å². The third-order valence-corrected chi connectivity index (χ3v) is 4.24. The van der Waals surface area contributed by atoms with Crippen LogP contribution in [-0.4, -0.2) is 23.4 Å². The van der Waals surface area contributed by atoms with E-state index in [0.29, 0.717) is 11.3 Å². The number of hydrazine groups is 1. The summed E-state index contributed by atoms with van der Waals surface area (Å²) in [6.45, 7) is -0.218. The SMILES string of the molecule is O=C(COc1ccc2ccccc2c1)NNC(=O)c1ccc2ccccc2n1. The first kappa shape index (κ1) is 17.5. The van der Waals surface area contributed by atoms with E-state index in [9.17, 15) is 9.59 Å². The highest BCUT2D eigenvalue weighted by Crippen LogP contribution is 2.20. The number of aromatic nitrogens is 1. The average Bonchev–Trinajstić information content (AvgIpc) is 2.75. The van der Waals surface area contributed by atoms with Gasteiger partial charge in [-0.1, -0.05) is 54.6 Å². The maximum Gasteiger partial charge on any atom is 0.288 e. The number of hydrogen-bond acceptors (Lipinski definition) is 4. The zero-order chi connectivity index (χ0) is 19.3. The minimum absolute atomic E-state index is 0.217. The van der Waals surface area contributed by atoms with Gasteiger partial charge in [-0.15, -0.1) is 0 Å².